The van der Waals surface area contributed by atoms with Crippen LogP contribution in [0.1, 0.15) is 16.2 Å². The van der Waals surface area contributed by atoms with Gasteiger partial charge in [-0.15, -0.1) is 5.10 Å². The Bertz CT molecular complexity index is 377. The Morgan fingerprint density at radius 3 is 2.67 bits per heavy atom. The summed E-state index contributed by atoms with van der Waals surface area (Å²) in [5.41, 5.74) is 4.93. The third-order valence-corrected chi connectivity index (χ3v) is 1.83. The molecule has 0 saturated heterocycles. The Morgan fingerprint density at radius 1 is 1.67 bits per heavy atom. The zero-order valence-electron chi connectivity index (χ0n) is 7.94. The summed E-state index contributed by atoms with van der Waals surface area (Å²) >= 11 is 0. The Kier molecular flexibility index (Phi) is 2.98. The Balaban J connectivity index is 2.93. The minimum atomic E-state index is -3.30. The van der Waals surface area contributed by atoms with Gasteiger partial charge in [0.1, 0.15) is 13.2 Å². The van der Waals surface area contributed by atoms with Crippen molar-refractivity contribution in [1.82, 2.24) is 15.0 Å². The van der Waals surface area contributed by atoms with Crippen LogP contribution in [0.15, 0.2) is 0 Å². The van der Waals surface area contributed by atoms with Crippen LogP contribution in [0.2, 0.25) is 0 Å². The molecule has 0 bridgehead atoms. The summed E-state index contributed by atoms with van der Waals surface area (Å²) < 4.78 is 26.4. The average molecular weight is 220 g/mol. The van der Waals surface area contributed by atoms with E-state index in [0.717, 1.165) is 4.68 Å². The number of carbonyl (C=O) groups is 1. The summed E-state index contributed by atoms with van der Waals surface area (Å²) in [5.74, 6) is -4.13. The summed E-state index contributed by atoms with van der Waals surface area (Å²) in [6, 6.07) is 0. The second-order valence-electron chi connectivity index (χ2n) is 3.06. The first-order chi connectivity index (χ1) is 6.87. The average Bonchev–Trinajstić information content (AvgIpc) is 2.48. The molecule has 1 heterocycles. The molecule has 1 aromatic heterocycles. The van der Waals surface area contributed by atoms with Crippen LogP contribution in [-0.4, -0.2) is 38.5 Å². The molecule has 0 aliphatic rings. The molecule has 0 atom stereocenters. The third-order valence-electron chi connectivity index (χ3n) is 1.83. The summed E-state index contributed by atoms with van der Waals surface area (Å²) in [4.78, 5) is 10.7. The number of nitrogens with zero attached hydrogens (tertiary/aromatic N) is 3. The predicted octanol–water partition coefficient (Wildman–Crippen LogP) is -0.687. The van der Waals surface area contributed by atoms with E-state index in [-0.39, 0.29) is 11.4 Å². The predicted molar refractivity (Wildman–Crippen MR) is 45.3 cm³/mol. The van der Waals surface area contributed by atoms with Crippen molar-refractivity contribution in [2.24, 2.45) is 5.73 Å². The topological polar surface area (TPSA) is 94.0 Å². The maximum absolute atomic E-state index is 12.8. The number of nitrogens with two attached hydrogens (primary N) is 1. The molecule has 3 N–H and O–H groups in total. The second kappa shape index (κ2) is 3.89. The van der Waals surface area contributed by atoms with E-state index in [9.17, 15) is 13.6 Å². The SMILES string of the molecule is Cc1c(C(N)=O)nnn1CC(F)(F)CO. The zero-order chi connectivity index (χ0) is 11.6. The number of alkyl halides is 2. The number of hydrogen-bond donors (Lipinski definition) is 2. The molecule has 6 nitrogen and oxygen atoms in total. The third kappa shape index (κ3) is 2.46. The fourth-order valence-corrected chi connectivity index (χ4v) is 1.01. The van der Waals surface area contributed by atoms with Gasteiger partial charge in [-0.3, -0.25) is 4.79 Å². The molecule has 0 aromatic carbocycles. The van der Waals surface area contributed by atoms with Crippen molar-refractivity contribution < 1.29 is 18.7 Å². The number of rotatable bonds is 4. The first-order valence-electron chi connectivity index (χ1n) is 4.06. The molecule has 0 saturated carbocycles. The molecule has 0 spiro atoms. The highest BCUT2D eigenvalue weighted by Gasteiger charge is 2.30. The molecule has 8 heteroatoms. The van der Waals surface area contributed by atoms with Gasteiger partial charge in [-0.25, -0.2) is 13.5 Å². The lowest BCUT2D eigenvalue weighted by atomic mass is 10.3. The lowest BCUT2D eigenvalue weighted by Gasteiger charge is -2.13. The van der Waals surface area contributed by atoms with Crippen molar-refractivity contribution >= 4 is 5.91 Å². The number of aromatic nitrogens is 3. The maximum atomic E-state index is 12.8. The quantitative estimate of drug-likeness (QED) is 0.702. The van der Waals surface area contributed by atoms with Gasteiger partial charge in [0, 0.05) is 0 Å². The maximum Gasteiger partial charge on any atom is 0.289 e. The van der Waals surface area contributed by atoms with Crippen LogP contribution >= 0.6 is 0 Å². The number of aliphatic hydroxyl groups excluding tert-OH is 1. The van der Waals surface area contributed by atoms with Crippen molar-refractivity contribution in [2.75, 3.05) is 6.61 Å². The van der Waals surface area contributed by atoms with E-state index in [1.165, 1.54) is 6.92 Å². The highest BCUT2D eigenvalue weighted by atomic mass is 19.3. The van der Waals surface area contributed by atoms with E-state index in [1.807, 2.05) is 0 Å². The van der Waals surface area contributed by atoms with Crippen LogP contribution in [0.3, 0.4) is 0 Å². The van der Waals surface area contributed by atoms with E-state index in [4.69, 9.17) is 10.8 Å². The van der Waals surface area contributed by atoms with Crippen molar-refractivity contribution in [1.29, 1.82) is 0 Å². The Labute approximate surface area is 83.7 Å². The minimum Gasteiger partial charge on any atom is -0.390 e. The molecular formula is C7H10F2N4O2. The fourth-order valence-electron chi connectivity index (χ4n) is 1.01. The first kappa shape index (κ1) is 11.5. The lowest BCUT2D eigenvalue weighted by Crippen LogP contribution is -2.29. The van der Waals surface area contributed by atoms with Crippen molar-refractivity contribution in [3.05, 3.63) is 11.4 Å². The number of carbonyl (C=O) groups excluding carboxylic acids is 1. The smallest absolute Gasteiger partial charge is 0.289 e. The lowest BCUT2D eigenvalue weighted by molar-refractivity contribution is -0.0659. The molecule has 0 aliphatic heterocycles. The van der Waals surface area contributed by atoms with E-state index >= 15 is 0 Å². The van der Waals surface area contributed by atoms with E-state index in [1.54, 1.807) is 0 Å². The molecule has 84 valence electrons. The number of primary amides is 1. The van der Waals surface area contributed by atoms with Crippen LogP contribution in [0.5, 0.6) is 0 Å². The number of amides is 1. The molecular weight excluding hydrogens is 210 g/mol. The molecule has 0 fully saturated rings. The molecule has 0 radical (unpaired) electrons. The van der Waals surface area contributed by atoms with Crippen LogP contribution in [0.25, 0.3) is 0 Å². The van der Waals surface area contributed by atoms with Gasteiger partial charge in [0.15, 0.2) is 5.69 Å². The van der Waals surface area contributed by atoms with Gasteiger partial charge < -0.3 is 10.8 Å². The summed E-state index contributed by atoms with van der Waals surface area (Å²) in [7, 11) is 0. The van der Waals surface area contributed by atoms with Crippen molar-refractivity contribution in [2.45, 2.75) is 19.4 Å². The van der Waals surface area contributed by atoms with E-state index in [0.29, 0.717) is 0 Å². The number of halogens is 2. The molecule has 0 aliphatic carbocycles. The van der Waals surface area contributed by atoms with E-state index in [2.05, 4.69) is 10.3 Å². The molecule has 1 amide bonds. The highest BCUT2D eigenvalue weighted by Crippen LogP contribution is 2.16. The summed E-state index contributed by atoms with van der Waals surface area (Å²) in [5, 5.41) is 15.1. The zero-order valence-corrected chi connectivity index (χ0v) is 7.94. The number of hydrogen-bond acceptors (Lipinski definition) is 4. The van der Waals surface area contributed by atoms with Crippen molar-refractivity contribution in [3.8, 4) is 0 Å². The largest absolute Gasteiger partial charge is 0.390 e. The monoisotopic (exact) mass is 220 g/mol. The summed E-state index contributed by atoms with van der Waals surface area (Å²) in [6.45, 7) is -0.735. The molecule has 1 rings (SSSR count). The van der Waals surface area contributed by atoms with Gasteiger partial charge in [0.2, 0.25) is 0 Å². The normalized spacial score (nSPS) is 11.7. The van der Waals surface area contributed by atoms with Crippen LogP contribution in [-0.2, 0) is 6.54 Å². The van der Waals surface area contributed by atoms with Gasteiger partial charge in [0.05, 0.1) is 5.69 Å². The first-order valence-corrected chi connectivity index (χ1v) is 4.06. The van der Waals surface area contributed by atoms with Gasteiger partial charge in [0.25, 0.3) is 11.8 Å². The standard InChI is InChI=1S/C7H10F2N4O2/c1-4-5(6(10)15)11-12-13(4)2-7(8,9)3-14/h14H,2-3H2,1H3,(H2,10,15). The van der Waals surface area contributed by atoms with Gasteiger partial charge in [-0.1, -0.05) is 5.21 Å². The van der Waals surface area contributed by atoms with Gasteiger partial charge >= 0.3 is 0 Å². The van der Waals surface area contributed by atoms with Crippen LogP contribution < -0.4 is 5.73 Å². The van der Waals surface area contributed by atoms with Crippen molar-refractivity contribution in [3.63, 3.8) is 0 Å². The van der Waals surface area contributed by atoms with Gasteiger partial charge in [-0.2, -0.15) is 0 Å². The second-order valence-corrected chi connectivity index (χ2v) is 3.06. The van der Waals surface area contributed by atoms with E-state index < -0.39 is 25.0 Å². The van der Waals surface area contributed by atoms with Crippen LogP contribution in [0.4, 0.5) is 8.78 Å². The summed E-state index contributed by atoms with van der Waals surface area (Å²) in [6.07, 6.45) is 0. The molecule has 0 unspecified atom stereocenters. The van der Waals surface area contributed by atoms with Gasteiger partial charge in [-0.05, 0) is 6.92 Å². The van der Waals surface area contributed by atoms with Crippen LogP contribution in [0, 0.1) is 6.92 Å². The minimum absolute atomic E-state index is 0.149. The molecule has 15 heavy (non-hydrogen) atoms. The highest BCUT2D eigenvalue weighted by molar-refractivity contribution is 5.91. The fraction of sp³-hybridized carbons (Fsp3) is 0.571. The molecule has 1 aromatic rings. The Morgan fingerprint density at radius 2 is 2.27 bits per heavy atom. The number of aliphatic hydroxyl groups is 1. The Hall–Kier alpha value is -1.57.